The number of urea groups is 1. The molecule has 1 aliphatic heterocycles. The second-order valence-electron chi connectivity index (χ2n) is 4.95. The van der Waals surface area contributed by atoms with Crippen molar-refractivity contribution in [3.8, 4) is 0 Å². The zero-order chi connectivity index (χ0) is 15.3. The van der Waals surface area contributed by atoms with E-state index in [4.69, 9.17) is 10.2 Å². The molecule has 1 atom stereocenters. The molecular weight excluding hydrogens is 284 g/mol. The van der Waals surface area contributed by atoms with Gasteiger partial charge in [0.25, 0.3) is 0 Å². The molecular formula is C15H10N4O3. The molecule has 0 saturated heterocycles. The fourth-order valence-electron chi connectivity index (χ4n) is 2.82. The van der Waals surface area contributed by atoms with Crippen molar-refractivity contribution in [3.05, 3.63) is 59.1 Å². The molecule has 7 heteroatoms. The zero-order valence-corrected chi connectivity index (χ0v) is 11.2. The number of nitrogens with zero attached hydrogens (tertiary/aromatic N) is 2. The van der Waals surface area contributed by atoms with Gasteiger partial charge in [-0.05, 0) is 23.8 Å². The van der Waals surface area contributed by atoms with Gasteiger partial charge in [0.15, 0.2) is 11.5 Å². The van der Waals surface area contributed by atoms with Crippen LogP contribution < -0.4 is 11.1 Å². The first-order chi connectivity index (χ1) is 10.7. The van der Waals surface area contributed by atoms with Crippen LogP contribution >= 0.6 is 0 Å². The molecule has 4 rings (SSSR count). The van der Waals surface area contributed by atoms with Crippen LogP contribution in [0.15, 0.2) is 56.8 Å². The van der Waals surface area contributed by atoms with Crippen LogP contribution in [0.2, 0.25) is 0 Å². The Morgan fingerprint density at radius 3 is 2.86 bits per heavy atom. The summed E-state index contributed by atoms with van der Waals surface area (Å²) in [6.45, 7) is 0. The molecule has 0 spiro atoms. The Balaban J connectivity index is 1.89. The second-order valence-corrected chi connectivity index (χ2v) is 4.95. The predicted molar refractivity (Wildman–Crippen MR) is 77.2 cm³/mol. The minimum absolute atomic E-state index is 0.222. The number of anilines is 1. The number of furan rings is 1. The summed E-state index contributed by atoms with van der Waals surface area (Å²) in [7, 11) is 0. The van der Waals surface area contributed by atoms with Gasteiger partial charge in [0.05, 0.1) is 23.1 Å². The summed E-state index contributed by atoms with van der Waals surface area (Å²) >= 11 is 0. The van der Waals surface area contributed by atoms with Crippen LogP contribution in [-0.2, 0) is 0 Å². The largest absolute Gasteiger partial charge is 0.463 e. The SMILES string of the molecule is NC(=O)Nc1cccc2c1C(=O)C1=C(c3ccco3)N=NC12. The smallest absolute Gasteiger partial charge is 0.316 e. The van der Waals surface area contributed by atoms with Crippen LogP contribution in [0, 0.1) is 0 Å². The van der Waals surface area contributed by atoms with Crippen molar-refractivity contribution in [1.82, 2.24) is 0 Å². The lowest BCUT2D eigenvalue weighted by atomic mass is 10.1. The molecule has 108 valence electrons. The van der Waals surface area contributed by atoms with E-state index in [2.05, 4.69) is 15.5 Å². The van der Waals surface area contributed by atoms with Crippen LogP contribution in [0.5, 0.6) is 0 Å². The van der Waals surface area contributed by atoms with Gasteiger partial charge in [-0.1, -0.05) is 12.1 Å². The molecule has 22 heavy (non-hydrogen) atoms. The number of nitrogens with two attached hydrogens (primary N) is 1. The van der Waals surface area contributed by atoms with E-state index in [0.717, 1.165) is 0 Å². The molecule has 0 bridgehead atoms. The highest BCUT2D eigenvalue weighted by Gasteiger charge is 2.42. The van der Waals surface area contributed by atoms with Gasteiger partial charge in [-0.25, -0.2) is 4.79 Å². The number of benzene rings is 1. The molecule has 0 radical (unpaired) electrons. The average Bonchev–Trinajstić information content (AvgIpc) is 3.18. The number of hydrogen-bond acceptors (Lipinski definition) is 5. The number of amides is 2. The van der Waals surface area contributed by atoms with Crippen molar-refractivity contribution in [1.29, 1.82) is 0 Å². The first-order valence-corrected chi connectivity index (χ1v) is 6.60. The van der Waals surface area contributed by atoms with Crippen molar-refractivity contribution in [2.45, 2.75) is 6.04 Å². The summed E-state index contributed by atoms with van der Waals surface area (Å²) < 4.78 is 5.31. The Kier molecular flexibility index (Phi) is 2.50. The highest BCUT2D eigenvalue weighted by Crippen LogP contribution is 2.48. The van der Waals surface area contributed by atoms with Gasteiger partial charge in [0.2, 0.25) is 0 Å². The Hall–Kier alpha value is -3.22. The molecule has 1 unspecified atom stereocenters. The predicted octanol–water partition coefficient (Wildman–Crippen LogP) is 2.88. The van der Waals surface area contributed by atoms with Crippen molar-refractivity contribution in [3.63, 3.8) is 0 Å². The van der Waals surface area contributed by atoms with Gasteiger partial charge in [0, 0.05) is 0 Å². The quantitative estimate of drug-likeness (QED) is 0.888. The number of rotatable bonds is 2. The van der Waals surface area contributed by atoms with Crippen molar-refractivity contribution < 1.29 is 14.0 Å². The van der Waals surface area contributed by atoms with Crippen LogP contribution in [-0.4, -0.2) is 11.8 Å². The Morgan fingerprint density at radius 1 is 1.27 bits per heavy atom. The Bertz CT molecular complexity index is 865. The molecule has 2 aromatic rings. The molecule has 1 aliphatic carbocycles. The summed E-state index contributed by atoms with van der Waals surface area (Å²) in [6.07, 6.45) is 1.51. The number of fused-ring (bicyclic) bond motifs is 3. The number of nitrogens with one attached hydrogen (secondary N) is 1. The van der Waals surface area contributed by atoms with Crippen LogP contribution in [0.25, 0.3) is 5.70 Å². The van der Waals surface area contributed by atoms with Gasteiger partial charge in [-0.15, -0.1) is 0 Å². The molecule has 1 aromatic heterocycles. The number of primary amides is 1. The van der Waals surface area contributed by atoms with Crippen molar-refractivity contribution in [2.24, 2.45) is 16.0 Å². The first kappa shape index (κ1) is 12.5. The molecule has 0 saturated carbocycles. The lowest BCUT2D eigenvalue weighted by Crippen LogP contribution is -2.20. The minimum atomic E-state index is -0.722. The van der Waals surface area contributed by atoms with E-state index in [1.165, 1.54) is 6.26 Å². The summed E-state index contributed by atoms with van der Waals surface area (Å²) in [4.78, 5) is 23.9. The standard InChI is InChI=1S/C15H10N4O3/c16-15(21)17-8-4-1-3-7-10(8)14(20)11-12(7)18-19-13(11)9-5-2-6-22-9/h1-6,12H,(H3,16,17,21). The highest BCUT2D eigenvalue weighted by molar-refractivity contribution is 6.22. The number of carbonyl (C=O) groups excluding carboxylic acids is 2. The normalized spacial score (nSPS) is 18.5. The number of ketones is 1. The van der Waals surface area contributed by atoms with E-state index in [0.29, 0.717) is 33.8 Å². The van der Waals surface area contributed by atoms with E-state index < -0.39 is 12.1 Å². The van der Waals surface area contributed by atoms with E-state index in [1.807, 2.05) is 0 Å². The van der Waals surface area contributed by atoms with E-state index in [9.17, 15) is 9.59 Å². The lowest BCUT2D eigenvalue weighted by molar-refractivity contribution is 0.103. The molecule has 3 N–H and O–H groups in total. The number of carbonyl (C=O) groups is 2. The second kappa shape index (κ2) is 4.39. The highest BCUT2D eigenvalue weighted by atomic mass is 16.3. The Labute approximate surface area is 124 Å². The molecule has 7 nitrogen and oxygen atoms in total. The minimum Gasteiger partial charge on any atom is -0.463 e. The van der Waals surface area contributed by atoms with E-state index in [1.54, 1.807) is 30.3 Å². The zero-order valence-electron chi connectivity index (χ0n) is 11.2. The fraction of sp³-hybridized carbons (Fsp3) is 0.0667. The molecule has 2 heterocycles. The van der Waals surface area contributed by atoms with Crippen LogP contribution in [0.1, 0.15) is 27.7 Å². The lowest BCUT2D eigenvalue weighted by Gasteiger charge is -2.07. The third kappa shape index (κ3) is 1.62. The van der Waals surface area contributed by atoms with Gasteiger partial charge >= 0.3 is 6.03 Å². The summed E-state index contributed by atoms with van der Waals surface area (Å²) in [6, 6.07) is 7.42. The Morgan fingerprint density at radius 2 is 2.14 bits per heavy atom. The average molecular weight is 294 g/mol. The molecule has 1 aromatic carbocycles. The van der Waals surface area contributed by atoms with Gasteiger partial charge in [-0.2, -0.15) is 10.2 Å². The first-order valence-electron chi connectivity index (χ1n) is 6.60. The van der Waals surface area contributed by atoms with E-state index in [-0.39, 0.29) is 5.78 Å². The van der Waals surface area contributed by atoms with Gasteiger partial charge in [-0.3, -0.25) is 4.79 Å². The maximum Gasteiger partial charge on any atom is 0.316 e. The summed E-state index contributed by atoms with van der Waals surface area (Å²) in [5.74, 6) is 0.271. The molecule has 0 fully saturated rings. The third-order valence-corrected chi connectivity index (χ3v) is 3.68. The maximum atomic E-state index is 12.8. The topological polar surface area (TPSA) is 110 Å². The summed E-state index contributed by atoms with van der Waals surface area (Å²) in [5.41, 5.74) is 7.54. The summed E-state index contributed by atoms with van der Waals surface area (Å²) in [5, 5.41) is 10.7. The number of hydrogen-bond donors (Lipinski definition) is 2. The van der Waals surface area contributed by atoms with Gasteiger partial charge < -0.3 is 15.5 Å². The number of Topliss-reactive ketones (excluding diaryl/α,β-unsaturated/α-hetero) is 1. The number of azo groups is 1. The van der Waals surface area contributed by atoms with Crippen molar-refractivity contribution in [2.75, 3.05) is 5.32 Å². The van der Waals surface area contributed by atoms with Gasteiger partial charge in [0.1, 0.15) is 11.7 Å². The fourth-order valence-corrected chi connectivity index (χ4v) is 2.82. The monoisotopic (exact) mass is 294 g/mol. The van der Waals surface area contributed by atoms with Crippen molar-refractivity contribution >= 4 is 23.2 Å². The van der Waals surface area contributed by atoms with Crippen LogP contribution in [0.4, 0.5) is 10.5 Å². The maximum absolute atomic E-state index is 12.8. The molecule has 2 aliphatic rings. The van der Waals surface area contributed by atoms with E-state index >= 15 is 0 Å². The molecule has 2 amide bonds. The third-order valence-electron chi connectivity index (χ3n) is 3.68. The van der Waals surface area contributed by atoms with Crippen LogP contribution in [0.3, 0.4) is 0 Å².